The standard InChI is InChI=1S/C21H24Cl2N2O/c1-15-6-8-18(22)12-20(15)25-11-10-16(14-25)13-24-21(26)9-7-17-4-2-3-5-19(17)23/h2-6,8,12,16H,7,9-11,13-14H2,1H3,(H,24,26). The minimum Gasteiger partial charge on any atom is -0.371 e. The predicted octanol–water partition coefficient (Wildman–Crippen LogP) is 4.88. The molecule has 1 N–H and O–H groups in total. The van der Waals surface area contributed by atoms with Crippen LogP contribution in [-0.2, 0) is 11.2 Å². The van der Waals surface area contributed by atoms with E-state index in [-0.39, 0.29) is 5.91 Å². The number of benzene rings is 2. The highest BCUT2D eigenvalue weighted by Gasteiger charge is 2.24. The van der Waals surface area contributed by atoms with Gasteiger partial charge in [-0.1, -0.05) is 47.5 Å². The molecule has 1 aliphatic rings. The van der Waals surface area contributed by atoms with E-state index in [0.717, 1.165) is 41.7 Å². The third-order valence-electron chi connectivity index (χ3n) is 4.96. The number of hydrogen-bond donors (Lipinski definition) is 1. The number of nitrogens with zero attached hydrogens (tertiary/aromatic N) is 1. The molecule has 0 bridgehead atoms. The van der Waals surface area contributed by atoms with Gasteiger partial charge in [-0.2, -0.15) is 0 Å². The fourth-order valence-corrected chi connectivity index (χ4v) is 3.83. The van der Waals surface area contributed by atoms with E-state index in [1.807, 2.05) is 36.4 Å². The first kappa shape index (κ1) is 19.1. The highest BCUT2D eigenvalue weighted by Crippen LogP contribution is 2.29. The van der Waals surface area contributed by atoms with Crippen LogP contribution in [0.2, 0.25) is 10.0 Å². The Morgan fingerprint density at radius 1 is 1.23 bits per heavy atom. The minimum absolute atomic E-state index is 0.0855. The quantitative estimate of drug-likeness (QED) is 0.762. The Morgan fingerprint density at radius 3 is 2.85 bits per heavy atom. The van der Waals surface area contributed by atoms with E-state index in [2.05, 4.69) is 23.2 Å². The molecule has 0 aliphatic carbocycles. The predicted molar refractivity (Wildman–Crippen MR) is 109 cm³/mol. The Balaban J connectivity index is 1.45. The van der Waals surface area contributed by atoms with Gasteiger partial charge in [0.1, 0.15) is 0 Å². The average molecular weight is 391 g/mol. The number of rotatable bonds is 6. The molecule has 0 radical (unpaired) electrons. The van der Waals surface area contributed by atoms with Crippen molar-refractivity contribution in [2.75, 3.05) is 24.5 Å². The second kappa shape index (κ2) is 8.79. The van der Waals surface area contributed by atoms with Crippen LogP contribution < -0.4 is 10.2 Å². The van der Waals surface area contributed by atoms with Crippen LogP contribution in [0.1, 0.15) is 24.0 Å². The van der Waals surface area contributed by atoms with E-state index >= 15 is 0 Å². The van der Waals surface area contributed by atoms with Crippen LogP contribution in [0.5, 0.6) is 0 Å². The van der Waals surface area contributed by atoms with Gasteiger partial charge in [0.25, 0.3) is 0 Å². The van der Waals surface area contributed by atoms with Crippen LogP contribution in [-0.4, -0.2) is 25.5 Å². The monoisotopic (exact) mass is 390 g/mol. The lowest BCUT2D eigenvalue weighted by Gasteiger charge is -2.21. The average Bonchev–Trinajstić information content (AvgIpc) is 3.10. The molecule has 5 heteroatoms. The van der Waals surface area contributed by atoms with Gasteiger partial charge in [0, 0.05) is 41.8 Å². The second-order valence-corrected chi connectivity index (χ2v) is 7.77. The smallest absolute Gasteiger partial charge is 0.220 e. The molecule has 1 saturated heterocycles. The summed E-state index contributed by atoms with van der Waals surface area (Å²) in [5.41, 5.74) is 3.46. The molecule has 2 aromatic carbocycles. The zero-order chi connectivity index (χ0) is 18.5. The topological polar surface area (TPSA) is 32.3 Å². The van der Waals surface area contributed by atoms with Gasteiger partial charge >= 0.3 is 0 Å². The lowest BCUT2D eigenvalue weighted by molar-refractivity contribution is -0.121. The number of nitrogens with one attached hydrogen (secondary N) is 1. The maximum Gasteiger partial charge on any atom is 0.220 e. The summed E-state index contributed by atoms with van der Waals surface area (Å²) in [5, 5.41) is 4.57. The largest absolute Gasteiger partial charge is 0.371 e. The zero-order valence-electron chi connectivity index (χ0n) is 15.0. The Bertz CT molecular complexity index is 778. The summed E-state index contributed by atoms with van der Waals surface area (Å²) in [7, 11) is 0. The van der Waals surface area contributed by atoms with Crippen LogP contribution >= 0.6 is 23.2 Å². The van der Waals surface area contributed by atoms with Crippen molar-refractivity contribution in [2.45, 2.75) is 26.2 Å². The molecule has 1 unspecified atom stereocenters. The molecular formula is C21H24Cl2N2O. The first-order valence-electron chi connectivity index (χ1n) is 9.04. The lowest BCUT2D eigenvalue weighted by Crippen LogP contribution is -2.31. The van der Waals surface area contributed by atoms with E-state index in [9.17, 15) is 4.79 Å². The molecule has 1 atom stereocenters. The Kier molecular flexibility index (Phi) is 6.44. The van der Waals surface area contributed by atoms with Crippen molar-refractivity contribution < 1.29 is 4.79 Å². The van der Waals surface area contributed by atoms with E-state index in [1.54, 1.807) is 0 Å². The van der Waals surface area contributed by atoms with Gasteiger partial charge in [-0.3, -0.25) is 4.79 Å². The summed E-state index contributed by atoms with van der Waals surface area (Å²) >= 11 is 12.3. The molecule has 1 amide bonds. The maximum atomic E-state index is 12.1. The number of aryl methyl sites for hydroxylation is 2. The summed E-state index contributed by atoms with van der Waals surface area (Å²) in [6.07, 6.45) is 2.22. The van der Waals surface area contributed by atoms with Crippen molar-refractivity contribution >= 4 is 34.8 Å². The SMILES string of the molecule is Cc1ccc(Cl)cc1N1CCC(CNC(=O)CCc2ccccc2Cl)C1. The van der Waals surface area contributed by atoms with E-state index in [0.29, 0.717) is 18.8 Å². The molecule has 138 valence electrons. The lowest BCUT2D eigenvalue weighted by atomic mass is 10.1. The van der Waals surface area contributed by atoms with Gasteiger partial charge in [-0.15, -0.1) is 0 Å². The van der Waals surface area contributed by atoms with Crippen molar-refractivity contribution in [1.29, 1.82) is 0 Å². The number of hydrogen-bond acceptors (Lipinski definition) is 2. The first-order chi connectivity index (χ1) is 12.5. The number of carbonyl (C=O) groups is 1. The highest BCUT2D eigenvalue weighted by atomic mass is 35.5. The van der Waals surface area contributed by atoms with Crippen LogP contribution in [0.25, 0.3) is 0 Å². The van der Waals surface area contributed by atoms with Crippen molar-refractivity contribution in [2.24, 2.45) is 5.92 Å². The summed E-state index contributed by atoms with van der Waals surface area (Å²) in [6, 6.07) is 13.7. The summed E-state index contributed by atoms with van der Waals surface area (Å²) in [6.45, 7) is 4.78. The van der Waals surface area contributed by atoms with E-state index in [1.165, 1.54) is 11.3 Å². The van der Waals surface area contributed by atoms with Crippen LogP contribution in [0.15, 0.2) is 42.5 Å². The van der Waals surface area contributed by atoms with E-state index in [4.69, 9.17) is 23.2 Å². The number of amides is 1. The molecule has 0 saturated carbocycles. The van der Waals surface area contributed by atoms with Crippen molar-refractivity contribution in [3.63, 3.8) is 0 Å². The van der Waals surface area contributed by atoms with Crippen LogP contribution in [0.3, 0.4) is 0 Å². The summed E-state index contributed by atoms with van der Waals surface area (Å²) in [5.74, 6) is 0.556. The third-order valence-corrected chi connectivity index (χ3v) is 5.57. The molecule has 26 heavy (non-hydrogen) atoms. The molecule has 3 nitrogen and oxygen atoms in total. The van der Waals surface area contributed by atoms with Gasteiger partial charge in [0.2, 0.25) is 5.91 Å². The van der Waals surface area contributed by atoms with E-state index < -0.39 is 0 Å². The van der Waals surface area contributed by atoms with Crippen LogP contribution in [0, 0.1) is 12.8 Å². The Hall–Kier alpha value is -1.71. The Labute approximate surface area is 165 Å². The molecule has 1 heterocycles. The highest BCUT2D eigenvalue weighted by molar-refractivity contribution is 6.31. The number of anilines is 1. The molecule has 0 aromatic heterocycles. The first-order valence-corrected chi connectivity index (χ1v) is 9.79. The molecule has 1 fully saturated rings. The summed E-state index contributed by atoms with van der Waals surface area (Å²) < 4.78 is 0. The zero-order valence-corrected chi connectivity index (χ0v) is 16.5. The van der Waals surface area contributed by atoms with Gasteiger partial charge < -0.3 is 10.2 Å². The normalized spacial score (nSPS) is 16.7. The van der Waals surface area contributed by atoms with Crippen molar-refractivity contribution in [3.05, 3.63) is 63.6 Å². The van der Waals surface area contributed by atoms with Gasteiger partial charge in [-0.05, 0) is 55.0 Å². The second-order valence-electron chi connectivity index (χ2n) is 6.93. The van der Waals surface area contributed by atoms with Gasteiger partial charge in [0.05, 0.1) is 0 Å². The van der Waals surface area contributed by atoms with Gasteiger partial charge in [0.15, 0.2) is 0 Å². The Morgan fingerprint density at radius 2 is 2.04 bits per heavy atom. The maximum absolute atomic E-state index is 12.1. The number of halogens is 2. The van der Waals surface area contributed by atoms with Crippen molar-refractivity contribution in [3.8, 4) is 0 Å². The van der Waals surface area contributed by atoms with Gasteiger partial charge in [-0.25, -0.2) is 0 Å². The molecular weight excluding hydrogens is 367 g/mol. The number of carbonyl (C=O) groups excluding carboxylic acids is 1. The van der Waals surface area contributed by atoms with Crippen LogP contribution in [0.4, 0.5) is 5.69 Å². The molecule has 3 rings (SSSR count). The minimum atomic E-state index is 0.0855. The molecule has 1 aliphatic heterocycles. The molecule has 0 spiro atoms. The third kappa shape index (κ3) is 4.93. The fourth-order valence-electron chi connectivity index (χ4n) is 3.44. The molecule has 2 aromatic rings. The summed E-state index contributed by atoms with van der Waals surface area (Å²) in [4.78, 5) is 14.5. The van der Waals surface area contributed by atoms with Crippen molar-refractivity contribution in [1.82, 2.24) is 5.32 Å². The fraction of sp³-hybridized carbons (Fsp3) is 0.381.